The summed E-state index contributed by atoms with van der Waals surface area (Å²) in [7, 11) is 0. The summed E-state index contributed by atoms with van der Waals surface area (Å²) < 4.78 is 0. The summed E-state index contributed by atoms with van der Waals surface area (Å²) in [5.74, 6) is -0.0788. The van der Waals surface area contributed by atoms with Gasteiger partial charge in [-0.15, -0.1) is 0 Å². The molecule has 0 aromatic heterocycles. The number of aliphatic imine (C=N–C) groups is 1. The summed E-state index contributed by atoms with van der Waals surface area (Å²) in [6.07, 6.45) is 5.66. The van der Waals surface area contributed by atoms with Gasteiger partial charge in [0.15, 0.2) is 5.17 Å². The van der Waals surface area contributed by atoms with Gasteiger partial charge in [0.2, 0.25) is 0 Å². The fourth-order valence-corrected chi connectivity index (χ4v) is 2.31. The summed E-state index contributed by atoms with van der Waals surface area (Å²) in [6.45, 7) is 2.62. The van der Waals surface area contributed by atoms with Crippen molar-refractivity contribution in [3.05, 3.63) is 53.0 Å². The molecule has 3 nitrogen and oxygen atoms in total. The van der Waals surface area contributed by atoms with E-state index in [0.29, 0.717) is 16.6 Å². The average molecular weight is 258 g/mol. The molecule has 1 aromatic rings. The van der Waals surface area contributed by atoms with Crippen molar-refractivity contribution in [1.82, 2.24) is 5.32 Å². The van der Waals surface area contributed by atoms with E-state index in [4.69, 9.17) is 0 Å². The third-order valence-corrected chi connectivity index (χ3v) is 3.25. The average Bonchev–Trinajstić information content (AvgIpc) is 2.72. The molecule has 4 heteroatoms. The van der Waals surface area contributed by atoms with Gasteiger partial charge in [0, 0.05) is 6.54 Å². The van der Waals surface area contributed by atoms with E-state index in [9.17, 15) is 4.79 Å². The molecule has 18 heavy (non-hydrogen) atoms. The Kier molecular flexibility index (Phi) is 4.36. The monoisotopic (exact) mass is 258 g/mol. The Balaban J connectivity index is 2.04. The lowest BCUT2D eigenvalue weighted by Gasteiger charge is -1.90. The Bertz CT molecular complexity index is 518. The first kappa shape index (κ1) is 12.6. The van der Waals surface area contributed by atoms with E-state index in [2.05, 4.69) is 10.3 Å². The molecule has 1 heterocycles. The molecular formula is C14H14N2OS. The Morgan fingerprint density at radius 1 is 1.33 bits per heavy atom. The molecule has 0 saturated carbocycles. The SMILES string of the molecule is CCN=C1NC(=O)/C(=C/C=C\c2ccccc2)S1. The predicted molar refractivity (Wildman–Crippen MR) is 77.3 cm³/mol. The maximum absolute atomic E-state index is 11.6. The lowest BCUT2D eigenvalue weighted by molar-refractivity contribution is -0.115. The van der Waals surface area contributed by atoms with Crippen molar-refractivity contribution in [2.45, 2.75) is 6.92 Å². The van der Waals surface area contributed by atoms with Crippen molar-refractivity contribution in [2.75, 3.05) is 6.54 Å². The number of nitrogens with one attached hydrogen (secondary N) is 1. The highest BCUT2D eigenvalue weighted by atomic mass is 32.2. The van der Waals surface area contributed by atoms with E-state index in [1.165, 1.54) is 11.8 Å². The van der Waals surface area contributed by atoms with Gasteiger partial charge in [0.1, 0.15) is 0 Å². The minimum absolute atomic E-state index is 0.0788. The van der Waals surface area contributed by atoms with Gasteiger partial charge in [0.25, 0.3) is 5.91 Å². The molecule has 0 aliphatic carbocycles. The standard InChI is InChI=1S/C14H14N2OS/c1-2-15-14-16-13(17)12(18-14)10-6-9-11-7-4-3-5-8-11/h3-10H,2H2,1H3,(H,15,16,17)/b9-6-,12-10-. The van der Waals surface area contributed by atoms with Gasteiger partial charge < -0.3 is 5.32 Å². The minimum Gasteiger partial charge on any atom is -0.301 e. The second-order valence-corrected chi connectivity index (χ2v) is 4.67. The Hall–Kier alpha value is -1.81. The summed E-state index contributed by atoms with van der Waals surface area (Å²) in [4.78, 5) is 16.4. The molecule has 1 fully saturated rings. The summed E-state index contributed by atoms with van der Waals surface area (Å²) in [5.41, 5.74) is 1.11. The van der Waals surface area contributed by atoms with E-state index in [1.54, 1.807) is 0 Å². The van der Waals surface area contributed by atoms with E-state index in [-0.39, 0.29) is 5.91 Å². The normalized spacial score (nSPS) is 19.9. The zero-order valence-electron chi connectivity index (χ0n) is 10.1. The van der Waals surface area contributed by atoms with Crippen molar-refractivity contribution in [2.24, 2.45) is 4.99 Å². The highest BCUT2D eigenvalue weighted by molar-refractivity contribution is 8.18. The predicted octanol–water partition coefficient (Wildman–Crippen LogP) is 2.82. The zero-order valence-corrected chi connectivity index (χ0v) is 10.9. The van der Waals surface area contributed by atoms with Crippen LogP contribution in [0.25, 0.3) is 6.08 Å². The second-order valence-electron chi connectivity index (χ2n) is 3.64. The van der Waals surface area contributed by atoms with Crippen molar-refractivity contribution in [3.8, 4) is 0 Å². The number of rotatable bonds is 3. The highest BCUT2D eigenvalue weighted by Gasteiger charge is 2.22. The van der Waals surface area contributed by atoms with Gasteiger partial charge in [-0.3, -0.25) is 9.79 Å². The molecule has 0 unspecified atom stereocenters. The van der Waals surface area contributed by atoms with Crippen LogP contribution >= 0.6 is 11.8 Å². The number of hydrogen-bond donors (Lipinski definition) is 1. The van der Waals surface area contributed by atoms with Crippen LogP contribution < -0.4 is 5.32 Å². The fourth-order valence-electron chi connectivity index (χ4n) is 1.47. The van der Waals surface area contributed by atoms with E-state index < -0.39 is 0 Å². The maximum Gasteiger partial charge on any atom is 0.264 e. The summed E-state index contributed by atoms with van der Waals surface area (Å²) in [6, 6.07) is 9.97. The number of benzene rings is 1. The lowest BCUT2D eigenvalue weighted by Crippen LogP contribution is -2.19. The van der Waals surface area contributed by atoms with Crippen LogP contribution in [0.2, 0.25) is 0 Å². The number of amidine groups is 1. The number of carbonyl (C=O) groups excluding carboxylic acids is 1. The van der Waals surface area contributed by atoms with Crippen molar-refractivity contribution in [3.63, 3.8) is 0 Å². The molecule has 0 radical (unpaired) electrons. The van der Waals surface area contributed by atoms with Gasteiger partial charge in [-0.1, -0.05) is 42.5 Å². The van der Waals surface area contributed by atoms with Crippen LogP contribution in [0.4, 0.5) is 0 Å². The zero-order chi connectivity index (χ0) is 12.8. The molecule has 1 N–H and O–H groups in total. The van der Waals surface area contributed by atoms with Gasteiger partial charge in [-0.25, -0.2) is 0 Å². The Morgan fingerprint density at radius 2 is 2.11 bits per heavy atom. The number of allylic oxidation sites excluding steroid dienone is 2. The van der Waals surface area contributed by atoms with Crippen molar-refractivity contribution >= 4 is 28.9 Å². The molecule has 1 saturated heterocycles. The van der Waals surface area contributed by atoms with Crippen LogP contribution in [-0.4, -0.2) is 17.6 Å². The van der Waals surface area contributed by atoms with Gasteiger partial charge in [0.05, 0.1) is 4.91 Å². The smallest absolute Gasteiger partial charge is 0.264 e. The van der Waals surface area contributed by atoms with Crippen LogP contribution in [0, 0.1) is 0 Å². The van der Waals surface area contributed by atoms with Gasteiger partial charge in [-0.05, 0) is 30.3 Å². The van der Waals surface area contributed by atoms with E-state index in [0.717, 1.165) is 5.56 Å². The quantitative estimate of drug-likeness (QED) is 0.847. The topological polar surface area (TPSA) is 41.5 Å². The van der Waals surface area contributed by atoms with Crippen LogP contribution in [0.5, 0.6) is 0 Å². The van der Waals surface area contributed by atoms with E-state index >= 15 is 0 Å². The molecule has 2 rings (SSSR count). The molecule has 1 aromatic carbocycles. The van der Waals surface area contributed by atoms with E-state index in [1.807, 2.05) is 55.5 Å². The Labute approximate surface area is 111 Å². The highest BCUT2D eigenvalue weighted by Crippen LogP contribution is 2.23. The number of hydrogen-bond acceptors (Lipinski definition) is 3. The van der Waals surface area contributed by atoms with Gasteiger partial charge >= 0.3 is 0 Å². The van der Waals surface area contributed by atoms with Crippen molar-refractivity contribution < 1.29 is 4.79 Å². The largest absolute Gasteiger partial charge is 0.301 e. The number of carbonyl (C=O) groups is 1. The molecule has 0 spiro atoms. The van der Waals surface area contributed by atoms with Crippen LogP contribution in [0.1, 0.15) is 12.5 Å². The van der Waals surface area contributed by atoms with Crippen LogP contribution in [0.3, 0.4) is 0 Å². The minimum atomic E-state index is -0.0788. The fraction of sp³-hybridized carbons (Fsp3) is 0.143. The maximum atomic E-state index is 11.6. The first-order valence-electron chi connectivity index (χ1n) is 5.76. The second kappa shape index (κ2) is 6.21. The van der Waals surface area contributed by atoms with Gasteiger partial charge in [-0.2, -0.15) is 0 Å². The molecule has 1 amide bonds. The Morgan fingerprint density at radius 3 is 2.83 bits per heavy atom. The number of thioether (sulfide) groups is 1. The molecule has 0 bridgehead atoms. The molecule has 0 atom stereocenters. The van der Waals surface area contributed by atoms with Crippen LogP contribution in [0.15, 0.2) is 52.4 Å². The third-order valence-electron chi connectivity index (χ3n) is 2.29. The summed E-state index contributed by atoms with van der Waals surface area (Å²) in [5, 5.41) is 3.41. The molecular weight excluding hydrogens is 244 g/mol. The van der Waals surface area contributed by atoms with Crippen LogP contribution in [-0.2, 0) is 4.79 Å². The lowest BCUT2D eigenvalue weighted by atomic mass is 10.2. The summed E-state index contributed by atoms with van der Waals surface area (Å²) >= 11 is 1.38. The molecule has 1 aliphatic rings. The first-order valence-corrected chi connectivity index (χ1v) is 6.58. The first-order chi connectivity index (χ1) is 8.79. The number of nitrogens with zero attached hydrogens (tertiary/aromatic N) is 1. The molecule has 1 aliphatic heterocycles. The third kappa shape index (κ3) is 3.34. The number of amides is 1. The molecule has 92 valence electrons. The van der Waals surface area contributed by atoms with Crippen molar-refractivity contribution in [1.29, 1.82) is 0 Å².